The molecule has 2 N–H and O–H groups in total. The zero-order valence-electron chi connectivity index (χ0n) is 10.4. The lowest BCUT2D eigenvalue weighted by Crippen LogP contribution is -2.27. The van der Waals surface area contributed by atoms with Gasteiger partial charge in [0.15, 0.2) is 5.13 Å². The van der Waals surface area contributed by atoms with E-state index < -0.39 is 0 Å². The van der Waals surface area contributed by atoms with Crippen LogP contribution in [0.4, 0.5) is 9.52 Å². The molecule has 19 heavy (non-hydrogen) atoms. The minimum Gasteiger partial charge on any atom is -0.304 e. The Morgan fingerprint density at radius 3 is 2.74 bits per heavy atom. The molecule has 0 saturated carbocycles. The van der Waals surface area contributed by atoms with Crippen molar-refractivity contribution in [1.29, 1.82) is 0 Å². The summed E-state index contributed by atoms with van der Waals surface area (Å²) in [6, 6.07) is 6.17. The van der Waals surface area contributed by atoms with E-state index in [2.05, 4.69) is 15.6 Å². The highest BCUT2D eigenvalue weighted by Gasteiger charge is 2.04. The summed E-state index contributed by atoms with van der Waals surface area (Å²) in [7, 11) is 0. The number of rotatable bonds is 5. The van der Waals surface area contributed by atoms with Crippen LogP contribution < -0.4 is 10.6 Å². The zero-order chi connectivity index (χ0) is 13.7. The van der Waals surface area contributed by atoms with Crippen molar-refractivity contribution < 1.29 is 9.18 Å². The highest BCUT2D eigenvalue weighted by atomic mass is 32.1. The molecule has 0 fully saturated rings. The summed E-state index contributed by atoms with van der Waals surface area (Å²) in [6.45, 7) is 2.64. The molecule has 4 nitrogen and oxygen atoms in total. The van der Waals surface area contributed by atoms with E-state index in [1.165, 1.54) is 23.5 Å². The average Bonchev–Trinajstić information content (AvgIpc) is 2.77. The number of nitrogens with one attached hydrogen (secondary N) is 2. The maximum absolute atomic E-state index is 12.7. The Morgan fingerprint density at radius 1 is 1.37 bits per heavy atom. The number of anilines is 1. The van der Waals surface area contributed by atoms with Crippen LogP contribution in [0.5, 0.6) is 0 Å². The minimum atomic E-state index is -0.263. The van der Waals surface area contributed by atoms with Crippen LogP contribution in [0.1, 0.15) is 10.4 Å². The van der Waals surface area contributed by atoms with Crippen LogP contribution >= 0.6 is 11.3 Å². The molecule has 100 valence electrons. The van der Waals surface area contributed by atoms with Gasteiger partial charge in [-0.2, -0.15) is 0 Å². The highest BCUT2D eigenvalue weighted by molar-refractivity contribution is 7.15. The summed E-state index contributed by atoms with van der Waals surface area (Å²) < 4.78 is 12.7. The third-order valence-electron chi connectivity index (χ3n) is 2.40. The number of aromatic nitrogens is 1. The number of carbonyl (C=O) groups excluding carboxylic acids is 1. The number of benzene rings is 1. The van der Waals surface area contributed by atoms with Crippen molar-refractivity contribution in [2.24, 2.45) is 0 Å². The third-order valence-corrected chi connectivity index (χ3v) is 3.22. The molecule has 0 aliphatic heterocycles. The Balaban J connectivity index is 1.73. The van der Waals surface area contributed by atoms with Crippen LogP contribution in [0.15, 0.2) is 30.5 Å². The maximum atomic E-state index is 12.7. The molecule has 0 saturated heterocycles. The highest BCUT2D eigenvalue weighted by Crippen LogP contribution is 2.15. The number of thiazole rings is 1. The monoisotopic (exact) mass is 279 g/mol. The fourth-order valence-corrected chi connectivity index (χ4v) is 2.18. The number of hydrogen-bond acceptors (Lipinski definition) is 4. The van der Waals surface area contributed by atoms with E-state index in [4.69, 9.17) is 0 Å². The molecule has 0 radical (unpaired) electrons. The van der Waals surface area contributed by atoms with E-state index in [9.17, 15) is 9.18 Å². The van der Waals surface area contributed by atoms with E-state index in [1.807, 2.05) is 6.92 Å². The molecule has 6 heteroatoms. The number of amides is 1. The van der Waals surface area contributed by atoms with Crippen molar-refractivity contribution >= 4 is 22.4 Å². The average molecular weight is 279 g/mol. The van der Waals surface area contributed by atoms with Crippen molar-refractivity contribution in [3.05, 3.63) is 46.7 Å². The number of halogens is 1. The van der Waals surface area contributed by atoms with Gasteiger partial charge in [0.1, 0.15) is 5.82 Å². The molecule has 0 atom stereocenters. The van der Waals surface area contributed by atoms with E-state index >= 15 is 0 Å². The Labute approximate surface area is 114 Å². The molecule has 0 aliphatic carbocycles. The molecule has 1 aromatic heterocycles. The molecule has 1 amide bonds. The second-order valence-electron chi connectivity index (χ2n) is 4.05. The third kappa shape index (κ3) is 4.42. The predicted molar refractivity (Wildman–Crippen MR) is 73.6 cm³/mol. The first-order valence-corrected chi connectivity index (χ1v) is 6.62. The fraction of sp³-hybridized carbons (Fsp3) is 0.231. The number of nitrogens with zero attached hydrogens (tertiary/aromatic N) is 1. The molecule has 0 bridgehead atoms. The van der Waals surface area contributed by atoms with Crippen LogP contribution in [0.25, 0.3) is 0 Å². The Bertz CT molecular complexity index is 553. The first-order chi connectivity index (χ1) is 9.13. The first-order valence-electron chi connectivity index (χ1n) is 5.81. The number of carbonyl (C=O) groups is 1. The topological polar surface area (TPSA) is 54.0 Å². The lowest BCUT2D eigenvalue weighted by molar-refractivity contribution is -0.115. The second-order valence-corrected chi connectivity index (χ2v) is 5.29. The molecular weight excluding hydrogens is 265 g/mol. The van der Waals surface area contributed by atoms with Crippen LogP contribution in [-0.2, 0) is 11.3 Å². The van der Waals surface area contributed by atoms with Crippen molar-refractivity contribution in [3.63, 3.8) is 0 Å². The molecule has 2 aromatic rings. The normalized spacial score (nSPS) is 10.4. The largest absolute Gasteiger partial charge is 0.304 e. The number of hydrogen-bond donors (Lipinski definition) is 2. The Kier molecular flexibility index (Phi) is 4.59. The van der Waals surface area contributed by atoms with Gasteiger partial charge in [-0.05, 0) is 24.6 Å². The molecule has 1 aromatic carbocycles. The summed E-state index contributed by atoms with van der Waals surface area (Å²) in [6.07, 6.45) is 1.71. The van der Waals surface area contributed by atoms with E-state index in [0.29, 0.717) is 11.7 Å². The summed E-state index contributed by atoms with van der Waals surface area (Å²) >= 11 is 1.44. The summed E-state index contributed by atoms with van der Waals surface area (Å²) in [5.41, 5.74) is 0.930. The van der Waals surface area contributed by atoms with Crippen LogP contribution in [0, 0.1) is 12.7 Å². The molecule has 0 aliphatic rings. The Hall–Kier alpha value is -1.79. The van der Waals surface area contributed by atoms with Gasteiger partial charge in [-0.1, -0.05) is 12.1 Å². The lowest BCUT2D eigenvalue weighted by atomic mass is 10.2. The molecule has 2 rings (SSSR count). The molecule has 0 unspecified atom stereocenters. The van der Waals surface area contributed by atoms with Gasteiger partial charge in [0, 0.05) is 17.6 Å². The maximum Gasteiger partial charge on any atom is 0.240 e. The first kappa shape index (κ1) is 13.6. The minimum absolute atomic E-state index is 0.142. The summed E-state index contributed by atoms with van der Waals surface area (Å²) in [5.74, 6) is -0.405. The lowest BCUT2D eigenvalue weighted by Gasteiger charge is -2.04. The SMILES string of the molecule is Cc1cnc(NC(=O)CNCc2ccc(F)cc2)s1. The Morgan fingerprint density at radius 2 is 2.11 bits per heavy atom. The van der Waals surface area contributed by atoms with Gasteiger partial charge >= 0.3 is 0 Å². The van der Waals surface area contributed by atoms with Gasteiger partial charge in [0.05, 0.1) is 6.54 Å². The van der Waals surface area contributed by atoms with Gasteiger partial charge in [0.2, 0.25) is 5.91 Å². The van der Waals surface area contributed by atoms with E-state index in [-0.39, 0.29) is 18.3 Å². The van der Waals surface area contributed by atoms with Crippen molar-refractivity contribution in [3.8, 4) is 0 Å². The van der Waals surface area contributed by atoms with Crippen molar-refractivity contribution in [2.45, 2.75) is 13.5 Å². The zero-order valence-corrected chi connectivity index (χ0v) is 11.3. The number of aryl methyl sites for hydroxylation is 1. The van der Waals surface area contributed by atoms with Crippen LogP contribution in [0.3, 0.4) is 0 Å². The fourth-order valence-electron chi connectivity index (χ4n) is 1.50. The van der Waals surface area contributed by atoms with Gasteiger partial charge in [-0.25, -0.2) is 9.37 Å². The summed E-state index contributed by atoms with van der Waals surface area (Å²) in [4.78, 5) is 16.7. The summed E-state index contributed by atoms with van der Waals surface area (Å²) in [5, 5.41) is 6.30. The quantitative estimate of drug-likeness (QED) is 0.883. The smallest absolute Gasteiger partial charge is 0.240 e. The standard InChI is InChI=1S/C13H14FN3OS/c1-9-6-16-13(19-9)17-12(18)8-15-7-10-2-4-11(14)5-3-10/h2-6,15H,7-8H2,1H3,(H,16,17,18). The van der Waals surface area contributed by atoms with Gasteiger partial charge in [-0.3, -0.25) is 4.79 Å². The van der Waals surface area contributed by atoms with E-state index in [1.54, 1.807) is 18.3 Å². The second kappa shape index (κ2) is 6.40. The predicted octanol–water partition coefficient (Wildman–Crippen LogP) is 2.32. The van der Waals surface area contributed by atoms with Gasteiger partial charge < -0.3 is 10.6 Å². The van der Waals surface area contributed by atoms with Gasteiger partial charge in [0.25, 0.3) is 0 Å². The van der Waals surface area contributed by atoms with Crippen molar-refractivity contribution in [1.82, 2.24) is 10.3 Å². The van der Waals surface area contributed by atoms with Gasteiger partial charge in [-0.15, -0.1) is 11.3 Å². The molecular formula is C13H14FN3OS. The van der Waals surface area contributed by atoms with Crippen molar-refractivity contribution in [2.75, 3.05) is 11.9 Å². The van der Waals surface area contributed by atoms with Crippen LogP contribution in [0.2, 0.25) is 0 Å². The molecule has 1 heterocycles. The molecule has 0 spiro atoms. The van der Waals surface area contributed by atoms with Crippen LogP contribution in [-0.4, -0.2) is 17.4 Å². The van der Waals surface area contributed by atoms with E-state index in [0.717, 1.165) is 10.4 Å².